The van der Waals surface area contributed by atoms with E-state index in [-0.39, 0.29) is 40.7 Å². The summed E-state index contributed by atoms with van der Waals surface area (Å²) in [6.45, 7) is 22.1. The van der Waals surface area contributed by atoms with Crippen LogP contribution in [-0.4, -0.2) is 81.4 Å². The number of anilines is 2. The predicted molar refractivity (Wildman–Crippen MR) is 222 cm³/mol. The van der Waals surface area contributed by atoms with Gasteiger partial charge >= 0.3 is 6.15 Å². The number of hydrogen-bond donors (Lipinski definition) is 0. The Morgan fingerprint density at radius 2 is 1.16 bits per heavy atom. The van der Waals surface area contributed by atoms with E-state index in [2.05, 4.69) is 78.5 Å². The second-order valence-corrected chi connectivity index (χ2v) is 17.4. The number of nitrogens with zero attached hydrogens (tertiary/aromatic N) is 3. The van der Waals surface area contributed by atoms with E-state index in [4.69, 9.17) is 19.1 Å². The number of ether oxygens (including phenoxy) is 2. The fourth-order valence-corrected chi connectivity index (χ4v) is 8.51. The van der Waals surface area contributed by atoms with Gasteiger partial charge in [-0.2, -0.15) is 9.59 Å². The number of carbonyl (C=O) groups is 3. The molecule has 0 atom stereocenters. The number of rotatable bonds is 13. The van der Waals surface area contributed by atoms with E-state index in [1.807, 2.05) is 22.8 Å². The molecule has 10 heteroatoms. The minimum absolute atomic E-state index is 0.0755. The highest BCUT2D eigenvalue weighted by atomic mass is 16.5. The van der Waals surface area contributed by atoms with Crippen LogP contribution in [0.5, 0.6) is 0 Å². The highest BCUT2D eigenvalue weighted by Crippen LogP contribution is 2.43. The fraction of sp³-hybridized carbons (Fsp3) is 0.652. The zero-order valence-electron chi connectivity index (χ0n) is 36.3. The van der Waals surface area contributed by atoms with E-state index in [1.54, 1.807) is 14.2 Å². The lowest BCUT2D eigenvalue weighted by atomic mass is 9.76. The first-order chi connectivity index (χ1) is 26.4. The number of methoxy groups -OCH3 is 2. The molecule has 3 amide bonds. The molecular formula is C46H69N3O7. The van der Waals surface area contributed by atoms with Crippen molar-refractivity contribution in [3.05, 3.63) is 57.6 Å². The number of aryl methyl sites for hydroxylation is 3. The highest BCUT2D eigenvalue weighted by Gasteiger charge is 2.39. The molecule has 310 valence electrons. The monoisotopic (exact) mass is 776 g/mol. The van der Waals surface area contributed by atoms with Gasteiger partial charge in [-0.3, -0.25) is 14.4 Å². The van der Waals surface area contributed by atoms with E-state index in [0.29, 0.717) is 32.0 Å². The number of fused-ring (bicyclic) bond motifs is 2. The lowest BCUT2D eigenvalue weighted by Gasteiger charge is -2.41. The molecule has 2 heterocycles. The molecule has 0 bridgehead atoms. The molecule has 0 radical (unpaired) electrons. The Balaban J connectivity index is 0.000000302. The van der Waals surface area contributed by atoms with Crippen LogP contribution in [0.3, 0.4) is 0 Å². The Labute approximate surface area is 336 Å². The van der Waals surface area contributed by atoms with Crippen LogP contribution in [0.1, 0.15) is 150 Å². The molecule has 3 aliphatic rings. The number of amides is 3. The maximum Gasteiger partial charge on any atom is 0.373 e. The van der Waals surface area contributed by atoms with Gasteiger partial charge in [0.1, 0.15) is 0 Å². The maximum atomic E-state index is 13.8. The first-order valence-corrected chi connectivity index (χ1v) is 20.6. The van der Waals surface area contributed by atoms with Crippen molar-refractivity contribution in [3.63, 3.8) is 0 Å². The minimum Gasteiger partial charge on any atom is -0.385 e. The Kier molecular flexibility index (Phi) is 17.5. The molecule has 2 aromatic rings. The molecule has 0 N–H and O–H groups in total. The van der Waals surface area contributed by atoms with Gasteiger partial charge in [0.25, 0.3) is 5.91 Å². The van der Waals surface area contributed by atoms with E-state index in [1.165, 1.54) is 41.5 Å². The van der Waals surface area contributed by atoms with Crippen LogP contribution < -0.4 is 9.80 Å². The van der Waals surface area contributed by atoms with Gasteiger partial charge in [-0.1, -0.05) is 59.1 Å². The van der Waals surface area contributed by atoms with Crippen molar-refractivity contribution in [3.8, 4) is 0 Å². The summed E-state index contributed by atoms with van der Waals surface area (Å²) in [5.41, 5.74) is 8.51. The zero-order chi connectivity index (χ0) is 41.8. The van der Waals surface area contributed by atoms with Crippen molar-refractivity contribution in [2.24, 2.45) is 0 Å². The van der Waals surface area contributed by atoms with Gasteiger partial charge in [-0.15, -0.1) is 0 Å². The quantitative estimate of drug-likeness (QED) is 0.187. The maximum absolute atomic E-state index is 13.8. The molecule has 1 saturated carbocycles. The van der Waals surface area contributed by atoms with Crippen molar-refractivity contribution in [2.45, 2.75) is 156 Å². The van der Waals surface area contributed by atoms with Crippen LogP contribution in [0.15, 0.2) is 24.3 Å². The van der Waals surface area contributed by atoms with Crippen LogP contribution in [-0.2, 0) is 39.5 Å². The number of unbranched alkanes of at least 4 members (excludes halogenated alkanes) is 2. The molecule has 0 spiro atoms. The molecule has 1 fully saturated rings. The molecule has 10 nitrogen and oxygen atoms in total. The van der Waals surface area contributed by atoms with Crippen LogP contribution >= 0.6 is 0 Å². The average molecular weight is 776 g/mol. The molecule has 0 unspecified atom stereocenters. The topological polar surface area (TPSA) is 114 Å². The largest absolute Gasteiger partial charge is 0.385 e. The second kappa shape index (κ2) is 21.1. The van der Waals surface area contributed by atoms with Crippen LogP contribution in [0.4, 0.5) is 11.4 Å². The van der Waals surface area contributed by atoms with Crippen molar-refractivity contribution < 1.29 is 33.4 Å². The van der Waals surface area contributed by atoms with Gasteiger partial charge in [-0.05, 0) is 113 Å². The fourth-order valence-electron chi connectivity index (χ4n) is 8.51. The standard InChI is InChI=1S/C27H42N2O3.C18H27NO2.CO2/c1-19(2)29(21-12-8-7-9-13-21)26(31)22-17-24-23(16-20(22)3)27(4,5)18-25(30)28(24)14-10-11-15-32-6;1-13-10-15-16(11-14(13)2)19(8-6-7-9-21-5)17(20)12-18(15,3)4;2-1-3/h16-17,19,21H,7-15,18H2,1-6H3;10-11H,6-9,12H2,1-5H3;. The SMILES string of the molecule is COCCCCN1C(=O)CC(C)(C)c2cc(C)c(C(=O)N(C(C)C)C3CCCCC3)cc21.COCCCCN1C(=O)CC(C)(C)c2cc(C)c(C)cc21.O=C=O. The molecule has 2 aromatic carbocycles. The zero-order valence-corrected chi connectivity index (χ0v) is 36.3. The number of hydrogen-bond acceptors (Lipinski definition) is 7. The van der Waals surface area contributed by atoms with Crippen molar-refractivity contribution in [1.82, 2.24) is 4.90 Å². The summed E-state index contributed by atoms with van der Waals surface area (Å²) < 4.78 is 10.3. The molecular weight excluding hydrogens is 707 g/mol. The molecule has 5 rings (SSSR count). The molecule has 56 heavy (non-hydrogen) atoms. The van der Waals surface area contributed by atoms with Crippen molar-refractivity contribution in [1.29, 1.82) is 0 Å². The van der Waals surface area contributed by atoms with Crippen LogP contribution in [0.25, 0.3) is 0 Å². The summed E-state index contributed by atoms with van der Waals surface area (Å²) >= 11 is 0. The summed E-state index contributed by atoms with van der Waals surface area (Å²) in [6.07, 6.45) is 10.9. The molecule has 2 aliphatic heterocycles. The first-order valence-electron chi connectivity index (χ1n) is 20.6. The third-order valence-electron chi connectivity index (χ3n) is 11.7. The van der Waals surface area contributed by atoms with Gasteiger partial charge in [0.15, 0.2) is 0 Å². The summed E-state index contributed by atoms with van der Waals surface area (Å²) in [5, 5.41) is 0. The van der Waals surface area contributed by atoms with Gasteiger partial charge in [-0.25, -0.2) is 0 Å². The van der Waals surface area contributed by atoms with E-state index < -0.39 is 0 Å². The minimum atomic E-state index is -0.233. The predicted octanol–water partition coefficient (Wildman–Crippen LogP) is 8.78. The normalized spacial score (nSPS) is 17.2. The van der Waals surface area contributed by atoms with E-state index in [9.17, 15) is 14.4 Å². The van der Waals surface area contributed by atoms with Crippen molar-refractivity contribution in [2.75, 3.05) is 50.3 Å². The Bertz CT molecular complexity index is 1690. The lowest BCUT2D eigenvalue weighted by Crippen LogP contribution is -2.46. The van der Waals surface area contributed by atoms with Crippen LogP contribution in [0.2, 0.25) is 0 Å². The average Bonchev–Trinajstić information content (AvgIpc) is 3.12. The molecule has 0 saturated heterocycles. The Hall–Kier alpha value is -3.85. The molecule has 0 aromatic heterocycles. The van der Waals surface area contributed by atoms with Crippen LogP contribution in [0, 0.1) is 20.8 Å². The second-order valence-electron chi connectivity index (χ2n) is 17.4. The molecule has 1 aliphatic carbocycles. The first kappa shape index (κ1) is 46.5. The van der Waals surface area contributed by atoms with Gasteiger partial charge in [0.05, 0.1) is 0 Å². The summed E-state index contributed by atoms with van der Waals surface area (Å²) in [4.78, 5) is 61.7. The summed E-state index contributed by atoms with van der Waals surface area (Å²) in [7, 11) is 3.42. The summed E-state index contributed by atoms with van der Waals surface area (Å²) in [5.74, 6) is 0.505. The Morgan fingerprint density at radius 1 is 0.732 bits per heavy atom. The van der Waals surface area contributed by atoms with E-state index in [0.717, 1.165) is 74.2 Å². The van der Waals surface area contributed by atoms with Gasteiger partial charge < -0.3 is 24.2 Å². The summed E-state index contributed by atoms with van der Waals surface area (Å²) in [6, 6.07) is 9.09. The van der Waals surface area contributed by atoms with Gasteiger partial charge in [0, 0.05) is 93.2 Å². The van der Waals surface area contributed by atoms with E-state index >= 15 is 0 Å². The smallest absolute Gasteiger partial charge is 0.373 e. The number of carbonyl (C=O) groups excluding carboxylic acids is 5. The number of benzene rings is 2. The third kappa shape index (κ3) is 11.6. The third-order valence-corrected chi connectivity index (χ3v) is 11.7. The lowest BCUT2D eigenvalue weighted by molar-refractivity contribution is -0.191. The van der Waals surface area contributed by atoms with Gasteiger partial charge in [0.2, 0.25) is 11.8 Å². The van der Waals surface area contributed by atoms with Crippen molar-refractivity contribution >= 4 is 35.2 Å². The Morgan fingerprint density at radius 3 is 1.61 bits per heavy atom. The highest BCUT2D eigenvalue weighted by molar-refractivity contribution is 6.02.